The number of ether oxygens (including phenoxy) is 1. The van der Waals surface area contributed by atoms with Gasteiger partial charge in [-0.1, -0.05) is 6.92 Å². The van der Waals surface area contributed by atoms with Crippen LogP contribution in [0.3, 0.4) is 0 Å². The summed E-state index contributed by atoms with van der Waals surface area (Å²) in [5, 5.41) is 7.99. The zero-order chi connectivity index (χ0) is 11.4. The molecule has 0 radical (unpaired) electrons. The number of thiophene rings is 1. The van der Waals surface area contributed by atoms with Crippen molar-refractivity contribution in [1.82, 2.24) is 5.32 Å². The third kappa shape index (κ3) is 2.86. The van der Waals surface area contributed by atoms with Gasteiger partial charge in [0.05, 0.1) is 6.61 Å². The molecule has 2 unspecified atom stereocenters. The lowest BCUT2D eigenvalue weighted by molar-refractivity contribution is 0.0392. The van der Waals surface area contributed by atoms with E-state index in [1.807, 2.05) is 0 Å². The van der Waals surface area contributed by atoms with Gasteiger partial charge in [0.25, 0.3) is 0 Å². The van der Waals surface area contributed by atoms with Crippen LogP contribution in [0.25, 0.3) is 0 Å². The molecule has 90 valence electrons. The highest BCUT2D eigenvalue weighted by atomic mass is 79.9. The van der Waals surface area contributed by atoms with E-state index < -0.39 is 0 Å². The van der Waals surface area contributed by atoms with E-state index >= 15 is 0 Å². The van der Waals surface area contributed by atoms with Crippen molar-refractivity contribution in [3.05, 3.63) is 20.8 Å². The van der Waals surface area contributed by atoms with Crippen molar-refractivity contribution >= 4 is 27.3 Å². The van der Waals surface area contributed by atoms with Gasteiger partial charge in [0.1, 0.15) is 0 Å². The summed E-state index contributed by atoms with van der Waals surface area (Å²) in [4.78, 5) is 0. The largest absolute Gasteiger partial charge is 0.381 e. The minimum Gasteiger partial charge on any atom is -0.381 e. The molecule has 0 aliphatic carbocycles. The van der Waals surface area contributed by atoms with Crippen LogP contribution in [0.15, 0.2) is 15.2 Å². The molecule has 1 aromatic heterocycles. The molecule has 0 aromatic carbocycles. The van der Waals surface area contributed by atoms with Gasteiger partial charge >= 0.3 is 0 Å². The molecule has 1 aliphatic heterocycles. The van der Waals surface area contributed by atoms with Gasteiger partial charge in [-0.2, -0.15) is 11.3 Å². The highest BCUT2D eigenvalue weighted by Gasteiger charge is 2.26. The molecule has 1 aliphatic rings. The van der Waals surface area contributed by atoms with Crippen LogP contribution in [-0.2, 0) is 4.74 Å². The Balaban J connectivity index is 2.12. The van der Waals surface area contributed by atoms with Crippen molar-refractivity contribution < 1.29 is 4.74 Å². The molecule has 0 spiro atoms. The average Bonchev–Trinajstić information content (AvgIpc) is 2.73. The second-order valence-corrected chi connectivity index (χ2v) is 5.79. The van der Waals surface area contributed by atoms with Crippen LogP contribution >= 0.6 is 27.3 Å². The lowest BCUT2D eigenvalue weighted by Crippen LogP contribution is -2.33. The second kappa shape index (κ2) is 6.15. The summed E-state index contributed by atoms with van der Waals surface area (Å²) in [6, 6.07) is 0.436. The first-order valence-electron chi connectivity index (χ1n) is 5.85. The minimum atomic E-state index is 0.436. The maximum absolute atomic E-state index is 5.60. The molecule has 2 heterocycles. The van der Waals surface area contributed by atoms with Gasteiger partial charge in [0.2, 0.25) is 0 Å². The van der Waals surface area contributed by atoms with Crippen LogP contribution in [0.4, 0.5) is 0 Å². The predicted octanol–water partition coefficient (Wildman–Crippen LogP) is 3.59. The van der Waals surface area contributed by atoms with E-state index in [9.17, 15) is 0 Å². The summed E-state index contributed by atoms with van der Waals surface area (Å²) >= 11 is 5.39. The molecule has 2 nitrogen and oxygen atoms in total. The molecule has 16 heavy (non-hydrogen) atoms. The Labute approximate surface area is 110 Å². The SMILES string of the molecule is CCNC(c1cscc1Br)C1CCCOC1. The number of rotatable bonds is 4. The maximum Gasteiger partial charge on any atom is 0.0512 e. The first-order chi connectivity index (χ1) is 7.83. The van der Waals surface area contributed by atoms with Crippen molar-refractivity contribution in [1.29, 1.82) is 0 Å². The lowest BCUT2D eigenvalue weighted by atomic mass is 9.90. The zero-order valence-corrected chi connectivity index (χ0v) is 11.9. The monoisotopic (exact) mass is 303 g/mol. The Bertz CT molecular complexity index is 323. The van der Waals surface area contributed by atoms with Crippen LogP contribution < -0.4 is 5.32 Å². The van der Waals surface area contributed by atoms with Gasteiger partial charge in [-0.05, 0) is 46.3 Å². The first kappa shape index (κ1) is 12.6. The first-order valence-corrected chi connectivity index (χ1v) is 7.59. The fourth-order valence-corrected chi connectivity index (χ4v) is 3.87. The molecule has 1 N–H and O–H groups in total. The Morgan fingerprint density at radius 1 is 1.62 bits per heavy atom. The van der Waals surface area contributed by atoms with E-state index in [1.54, 1.807) is 11.3 Å². The van der Waals surface area contributed by atoms with Gasteiger partial charge in [0.15, 0.2) is 0 Å². The van der Waals surface area contributed by atoms with Crippen LogP contribution in [0.1, 0.15) is 31.4 Å². The Hall–Kier alpha value is 0.1000. The van der Waals surface area contributed by atoms with Crippen LogP contribution in [-0.4, -0.2) is 19.8 Å². The molecule has 1 saturated heterocycles. The molecule has 0 amide bonds. The van der Waals surface area contributed by atoms with E-state index in [-0.39, 0.29) is 0 Å². The lowest BCUT2D eigenvalue weighted by Gasteiger charge is -2.30. The highest BCUT2D eigenvalue weighted by molar-refractivity contribution is 9.10. The predicted molar refractivity (Wildman–Crippen MR) is 72.0 cm³/mol. The molecular formula is C12H18BrNOS. The topological polar surface area (TPSA) is 21.3 Å². The van der Waals surface area contributed by atoms with Gasteiger partial charge in [-0.15, -0.1) is 0 Å². The van der Waals surface area contributed by atoms with Crippen LogP contribution in [0.2, 0.25) is 0 Å². The molecule has 1 aromatic rings. The van der Waals surface area contributed by atoms with Crippen molar-refractivity contribution in [3.63, 3.8) is 0 Å². The van der Waals surface area contributed by atoms with Crippen molar-refractivity contribution in [2.75, 3.05) is 19.8 Å². The maximum atomic E-state index is 5.60. The number of halogens is 1. The van der Waals surface area contributed by atoms with E-state index in [0.717, 1.165) is 19.8 Å². The third-order valence-electron chi connectivity index (χ3n) is 3.07. The summed E-state index contributed by atoms with van der Waals surface area (Å²) in [7, 11) is 0. The minimum absolute atomic E-state index is 0.436. The number of hydrogen-bond donors (Lipinski definition) is 1. The zero-order valence-electron chi connectivity index (χ0n) is 9.54. The highest BCUT2D eigenvalue weighted by Crippen LogP contribution is 2.34. The van der Waals surface area contributed by atoms with E-state index in [2.05, 4.69) is 38.9 Å². The second-order valence-electron chi connectivity index (χ2n) is 4.19. The number of hydrogen-bond acceptors (Lipinski definition) is 3. The van der Waals surface area contributed by atoms with E-state index in [4.69, 9.17) is 4.74 Å². The fraction of sp³-hybridized carbons (Fsp3) is 0.667. The third-order valence-corrected chi connectivity index (χ3v) is 4.82. The van der Waals surface area contributed by atoms with Crippen LogP contribution in [0.5, 0.6) is 0 Å². The Kier molecular flexibility index (Phi) is 4.82. The molecule has 2 rings (SSSR count). The van der Waals surface area contributed by atoms with Gasteiger partial charge in [-0.25, -0.2) is 0 Å². The van der Waals surface area contributed by atoms with Crippen molar-refractivity contribution in [2.45, 2.75) is 25.8 Å². The van der Waals surface area contributed by atoms with Crippen molar-refractivity contribution in [2.24, 2.45) is 5.92 Å². The molecule has 4 heteroatoms. The average molecular weight is 304 g/mol. The van der Waals surface area contributed by atoms with Gasteiger partial charge < -0.3 is 10.1 Å². The quantitative estimate of drug-likeness (QED) is 0.918. The summed E-state index contributed by atoms with van der Waals surface area (Å²) in [6.45, 7) is 4.99. The molecule has 0 bridgehead atoms. The molecule has 0 saturated carbocycles. The molecule has 2 atom stereocenters. The van der Waals surface area contributed by atoms with Crippen molar-refractivity contribution in [3.8, 4) is 0 Å². The fourth-order valence-electron chi connectivity index (χ4n) is 2.29. The van der Waals surface area contributed by atoms with E-state index in [0.29, 0.717) is 12.0 Å². The van der Waals surface area contributed by atoms with Gasteiger partial charge in [0, 0.05) is 28.4 Å². The van der Waals surface area contributed by atoms with Crippen LogP contribution in [0, 0.1) is 5.92 Å². The summed E-state index contributed by atoms with van der Waals surface area (Å²) in [5.41, 5.74) is 1.39. The normalized spacial score (nSPS) is 23.2. The smallest absolute Gasteiger partial charge is 0.0512 e. The van der Waals surface area contributed by atoms with E-state index in [1.165, 1.54) is 22.9 Å². The van der Waals surface area contributed by atoms with Gasteiger partial charge in [-0.3, -0.25) is 0 Å². The molecular weight excluding hydrogens is 286 g/mol. The summed E-state index contributed by atoms with van der Waals surface area (Å²) < 4.78 is 6.83. The Morgan fingerprint density at radius 3 is 3.06 bits per heavy atom. The molecule has 1 fully saturated rings. The summed E-state index contributed by atoms with van der Waals surface area (Å²) in [6.07, 6.45) is 2.45. The standard InChI is InChI=1S/C12H18BrNOS/c1-2-14-12(9-4-3-5-15-6-9)10-7-16-8-11(10)13/h7-9,12,14H,2-6H2,1H3. The Morgan fingerprint density at radius 2 is 2.50 bits per heavy atom. The number of nitrogens with one attached hydrogen (secondary N) is 1. The summed E-state index contributed by atoms with van der Waals surface area (Å²) in [5.74, 6) is 0.611.